The minimum Gasteiger partial charge on any atom is -0.427 e. The Kier molecular flexibility index (Phi) is 8.52. The molecular formula is C25H24O6. The number of hydrogen-bond donors (Lipinski definition) is 0. The van der Waals surface area contributed by atoms with Crippen molar-refractivity contribution >= 4 is 17.9 Å². The van der Waals surface area contributed by atoms with E-state index in [4.69, 9.17) is 14.2 Å². The van der Waals surface area contributed by atoms with Gasteiger partial charge in [-0.1, -0.05) is 31.5 Å². The summed E-state index contributed by atoms with van der Waals surface area (Å²) in [5, 5.41) is 0. The van der Waals surface area contributed by atoms with Crippen molar-refractivity contribution in [3.8, 4) is 17.2 Å². The van der Waals surface area contributed by atoms with Crippen LogP contribution < -0.4 is 14.2 Å². The lowest BCUT2D eigenvalue weighted by Gasteiger charge is -2.07. The highest BCUT2D eigenvalue weighted by atomic mass is 16.5. The second-order valence-corrected chi connectivity index (χ2v) is 6.23. The van der Waals surface area contributed by atoms with Crippen LogP contribution in [0.15, 0.2) is 72.8 Å². The van der Waals surface area contributed by atoms with Gasteiger partial charge in [0.15, 0.2) is 0 Å². The predicted molar refractivity (Wildman–Crippen MR) is 117 cm³/mol. The monoisotopic (exact) mass is 420 g/mol. The molecule has 0 spiro atoms. The Balaban J connectivity index is 0.00000166. The SMILES string of the molecule is CC.CC(=O)Oc1ccc(C(=O)Oc2ccc(OC(=O)c3ccc(C)cc3)cc2)cc1. The fraction of sp³-hybridized carbons (Fsp3) is 0.160. The molecule has 0 aromatic heterocycles. The average molecular weight is 420 g/mol. The molecule has 3 rings (SSSR count). The maximum atomic E-state index is 12.2. The Labute approximate surface area is 181 Å². The molecule has 0 saturated heterocycles. The minimum atomic E-state index is -0.566. The van der Waals surface area contributed by atoms with E-state index in [2.05, 4.69) is 0 Å². The fourth-order valence-electron chi connectivity index (χ4n) is 2.42. The Morgan fingerprint density at radius 3 is 1.26 bits per heavy atom. The van der Waals surface area contributed by atoms with Gasteiger partial charge in [0.05, 0.1) is 11.1 Å². The third kappa shape index (κ3) is 7.12. The van der Waals surface area contributed by atoms with Crippen LogP contribution >= 0.6 is 0 Å². The molecule has 6 heteroatoms. The quantitative estimate of drug-likeness (QED) is 0.407. The largest absolute Gasteiger partial charge is 0.427 e. The van der Waals surface area contributed by atoms with Gasteiger partial charge in [0.2, 0.25) is 0 Å². The molecule has 0 bridgehead atoms. The van der Waals surface area contributed by atoms with Gasteiger partial charge in [0.25, 0.3) is 0 Å². The first kappa shape index (κ1) is 23.3. The molecule has 0 radical (unpaired) electrons. The number of hydrogen-bond acceptors (Lipinski definition) is 6. The van der Waals surface area contributed by atoms with Crippen LogP contribution in [0.3, 0.4) is 0 Å². The van der Waals surface area contributed by atoms with Crippen molar-refractivity contribution in [1.29, 1.82) is 0 Å². The lowest BCUT2D eigenvalue weighted by molar-refractivity contribution is -0.131. The molecule has 0 fully saturated rings. The Hall–Kier alpha value is -3.93. The molecule has 160 valence electrons. The van der Waals surface area contributed by atoms with Crippen LogP contribution in [-0.2, 0) is 4.79 Å². The van der Waals surface area contributed by atoms with Gasteiger partial charge in [-0.15, -0.1) is 0 Å². The van der Waals surface area contributed by atoms with E-state index in [9.17, 15) is 14.4 Å². The Morgan fingerprint density at radius 1 is 0.548 bits per heavy atom. The molecule has 0 heterocycles. The van der Waals surface area contributed by atoms with Gasteiger partial charge in [-0.3, -0.25) is 4.79 Å². The summed E-state index contributed by atoms with van der Waals surface area (Å²) in [5.74, 6) is -0.501. The maximum absolute atomic E-state index is 12.2. The first-order chi connectivity index (χ1) is 14.9. The van der Waals surface area contributed by atoms with Crippen molar-refractivity contribution in [2.75, 3.05) is 0 Å². The Morgan fingerprint density at radius 2 is 0.871 bits per heavy atom. The van der Waals surface area contributed by atoms with Crippen LogP contribution in [0.2, 0.25) is 0 Å². The van der Waals surface area contributed by atoms with Gasteiger partial charge in [0.1, 0.15) is 17.2 Å². The molecule has 3 aromatic rings. The summed E-state index contributed by atoms with van der Waals surface area (Å²) < 4.78 is 15.5. The van der Waals surface area contributed by atoms with Gasteiger partial charge < -0.3 is 14.2 Å². The highest BCUT2D eigenvalue weighted by molar-refractivity contribution is 5.92. The number of rotatable bonds is 5. The molecule has 0 amide bonds. The van der Waals surface area contributed by atoms with Gasteiger partial charge in [-0.25, -0.2) is 9.59 Å². The van der Waals surface area contributed by atoms with E-state index < -0.39 is 17.9 Å². The smallest absolute Gasteiger partial charge is 0.343 e. The van der Waals surface area contributed by atoms with E-state index in [0.717, 1.165) is 5.56 Å². The molecule has 0 unspecified atom stereocenters. The normalized spacial score (nSPS) is 9.68. The van der Waals surface area contributed by atoms with Crippen LogP contribution in [0.5, 0.6) is 17.2 Å². The van der Waals surface area contributed by atoms with E-state index in [1.165, 1.54) is 43.3 Å². The first-order valence-electron chi connectivity index (χ1n) is 9.80. The van der Waals surface area contributed by atoms with Crippen LogP contribution in [-0.4, -0.2) is 17.9 Å². The standard InChI is InChI=1S/C23H18O6.C2H6/c1-15-3-5-17(6-4-15)22(25)28-20-11-13-21(14-12-20)29-23(26)18-7-9-19(10-8-18)27-16(2)24;1-2/h3-14H,1-2H3;1-2H3. The van der Waals surface area contributed by atoms with Crippen molar-refractivity contribution in [3.05, 3.63) is 89.5 Å². The predicted octanol–water partition coefficient (Wildman–Crippen LogP) is 5.38. The van der Waals surface area contributed by atoms with Gasteiger partial charge in [0, 0.05) is 6.92 Å². The van der Waals surface area contributed by atoms with Gasteiger partial charge >= 0.3 is 17.9 Å². The summed E-state index contributed by atoms with van der Waals surface area (Å²) >= 11 is 0. The summed E-state index contributed by atoms with van der Waals surface area (Å²) in [6, 6.07) is 19.2. The molecule has 6 nitrogen and oxygen atoms in total. The number of benzene rings is 3. The van der Waals surface area contributed by atoms with Crippen molar-refractivity contribution in [2.45, 2.75) is 27.7 Å². The van der Waals surface area contributed by atoms with Crippen molar-refractivity contribution in [3.63, 3.8) is 0 Å². The molecule has 31 heavy (non-hydrogen) atoms. The zero-order valence-corrected chi connectivity index (χ0v) is 17.9. The number of esters is 3. The van der Waals surface area contributed by atoms with E-state index in [0.29, 0.717) is 28.4 Å². The van der Waals surface area contributed by atoms with Crippen molar-refractivity contribution in [1.82, 2.24) is 0 Å². The average Bonchev–Trinajstić information content (AvgIpc) is 2.77. The summed E-state index contributed by atoms with van der Waals surface area (Å²) in [4.78, 5) is 35.3. The van der Waals surface area contributed by atoms with E-state index in [-0.39, 0.29) is 0 Å². The van der Waals surface area contributed by atoms with Gasteiger partial charge in [-0.2, -0.15) is 0 Å². The molecule has 0 saturated carbocycles. The van der Waals surface area contributed by atoms with Crippen molar-refractivity contribution < 1.29 is 28.6 Å². The van der Waals surface area contributed by atoms with E-state index >= 15 is 0 Å². The second kappa shape index (κ2) is 11.3. The highest BCUT2D eigenvalue weighted by Crippen LogP contribution is 2.21. The second-order valence-electron chi connectivity index (χ2n) is 6.23. The molecular weight excluding hydrogens is 396 g/mol. The van der Waals surface area contributed by atoms with Gasteiger partial charge in [-0.05, 0) is 67.6 Å². The molecule has 0 atom stereocenters. The third-order valence-electron chi connectivity index (χ3n) is 3.88. The van der Waals surface area contributed by atoms with E-state index in [1.54, 1.807) is 24.3 Å². The number of carbonyl (C=O) groups is 3. The molecule has 0 N–H and O–H groups in total. The zero-order chi connectivity index (χ0) is 22.8. The fourth-order valence-corrected chi connectivity index (χ4v) is 2.42. The summed E-state index contributed by atoms with van der Waals surface area (Å²) in [6.07, 6.45) is 0. The van der Waals surface area contributed by atoms with Crippen molar-refractivity contribution in [2.24, 2.45) is 0 Å². The number of carbonyl (C=O) groups excluding carboxylic acids is 3. The van der Waals surface area contributed by atoms with Crippen LogP contribution in [0.4, 0.5) is 0 Å². The third-order valence-corrected chi connectivity index (χ3v) is 3.88. The van der Waals surface area contributed by atoms with Crippen LogP contribution in [0, 0.1) is 6.92 Å². The zero-order valence-electron chi connectivity index (χ0n) is 17.9. The summed E-state index contributed by atoms with van der Waals surface area (Å²) in [7, 11) is 0. The lowest BCUT2D eigenvalue weighted by Crippen LogP contribution is -2.10. The topological polar surface area (TPSA) is 78.9 Å². The van der Waals surface area contributed by atoms with Crippen LogP contribution in [0.25, 0.3) is 0 Å². The lowest BCUT2D eigenvalue weighted by atomic mass is 10.1. The summed E-state index contributed by atoms with van der Waals surface area (Å²) in [6.45, 7) is 7.23. The molecule has 0 aliphatic heterocycles. The highest BCUT2D eigenvalue weighted by Gasteiger charge is 2.11. The minimum absolute atomic E-state index is 0.300. The Bertz CT molecular complexity index is 1020. The first-order valence-corrected chi connectivity index (χ1v) is 9.80. The number of ether oxygens (including phenoxy) is 3. The van der Waals surface area contributed by atoms with Crippen LogP contribution in [0.1, 0.15) is 47.1 Å². The summed E-state index contributed by atoms with van der Waals surface area (Å²) in [5.41, 5.74) is 1.80. The molecule has 0 aliphatic rings. The number of aryl methyl sites for hydroxylation is 1. The van der Waals surface area contributed by atoms with E-state index in [1.807, 2.05) is 32.9 Å². The molecule has 3 aromatic carbocycles. The molecule has 0 aliphatic carbocycles. The maximum Gasteiger partial charge on any atom is 0.343 e.